The molecule has 64 valence electrons. The Bertz CT molecular complexity index is 309. The summed E-state index contributed by atoms with van der Waals surface area (Å²) in [5, 5.41) is 2.47. The van der Waals surface area contributed by atoms with Crippen LogP contribution in [0.15, 0.2) is 18.2 Å². The number of hydrogen-bond acceptors (Lipinski definition) is 3. The number of carbonyl (C=O) groups excluding carboxylic acids is 1. The molecule has 12 heavy (non-hydrogen) atoms. The zero-order chi connectivity index (χ0) is 9.14. The Balaban J connectivity index is 3.13. The summed E-state index contributed by atoms with van der Waals surface area (Å²) in [4.78, 5) is 11.1. The normalized spacial score (nSPS) is 9.42. The molecule has 0 aliphatic rings. The van der Waals surface area contributed by atoms with Crippen molar-refractivity contribution in [3.8, 4) is 0 Å². The first-order valence-corrected chi connectivity index (χ1v) is 3.52. The van der Waals surface area contributed by atoms with Crippen LogP contribution in [0.1, 0.15) is 10.4 Å². The second-order valence-corrected chi connectivity index (χ2v) is 2.43. The second kappa shape index (κ2) is 3.13. The molecule has 0 aliphatic carbocycles. The van der Waals surface area contributed by atoms with E-state index in [-0.39, 0.29) is 5.91 Å². The largest absolute Gasteiger partial charge is 0.399 e. The van der Waals surface area contributed by atoms with E-state index in [1.807, 2.05) is 0 Å². The molecule has 4 heteroatoms. The van der Waals surface area contributed by atoms with E-state index in [1.165, 1.54) is 0 Å². The van der Waals surface area contributed by atoms with Crippen LogP contribution in [0.3, 0.4) is 0 Å². The molecule has 0 saturated carbocycles. The summed E-state index contributed by atoms with van der Waals surface area (Å²) in [6, 6.07) is 4.82. The number of nitrogens with two attached hydrogens (primary N) is 2. The van der Waals surface area contributed by atoms with Crippen molar-refractivity contribution in [1.29, 1.82) is 0 Å². The van der Waals surface area contributed by atoms with Crippen LogP contribution in [0.5, 0.6) is 0 Å². The van der Waals surface area contributed by atoms with Crippen molar-refractivity contribution in [3.05, 3.63) is 23.8 Å². The molecular formula is C8H11N3O. The van der Waals surface area contributed by atoms with Crippen LogP contribution < -0.4 is 16.8 Å². The van der Waals surface area contributed by atoms with Gasteiger partial charge in [0, 0.05) is 18.4 Å². The quantitative estimate of drug-likeness (QED) is 0.520. The maximum Gasteiger partial charge on any atom is 0.253 e. The molecule has 0 heterocycles. The van der Waals surface area contributed by atoms with Crippen molar-refractivity contribution < 1.29 is 4.79 Å². The monoisotopic (exact) mass is 165 g/mol. The zero-order valence-electron chi connectivity index (χ0n) is 6.79. The second-order valence-electron chi connectivity index (χ2n) is 2.43. The van der Waals surface area contributed by atoms with E-state index >= 15 is 0 Å². The van der Waals surface area contributed by atoms with Crippen molar-refractivity contribution in [3.63, 3.8) is 0 Å². The lowest BCUT2D eigenvalue weighted by Gasteiger charge is -2.04. The maximum atomic E-state index is 11.1. The molecule has 1 amide bonds. The summed E-state index contributed by atoms with van der Waals surface area (Å²) < 4.78 is 0. The maximum absolute atomic E-state index is 11.1. The minimum absolute atomic E-state index is 0.222. The zero-order valence-corrected chi connectivity index (χ0v) is 6.79. The Morgan fingerprint density at radius 1 is 1.42 bits per heavy atom. The highest BCUT2D eigenvalue weighted by molar-refractivity contribution is 5.99. The summed E-state index contributed by atoms with van der Waals surface area (Å²) in [5.74, 6) is -0.222. The highest BCUT2D eigenvalue weighted by Gasteiger charge is 2.06. The average molecular weight is 165 g/mol. The Labute approximate surface area is 70.6 Å². The molecule has 0 aromatic heterocycles. The topological polar surface area (TPSA) is 81.1 Å². The molecule has 0 aliphatic heterocycles. The molecule has 0 fully saturated rings. The average Bonchev–Trinajstić information content (AvgIpc) is 2.08. The smallest absolute Gasteiger partial charge is 0.253 e. The van der Waals surface area contributed by atoms with Crippen LogP contribution in [0.4, 0.5) is 11.4 Å². The molecule has 1 rings (SSSR count). The number of rotatable bonds is 1. The van der Waals surface area contributed by atoms with Gasteiger partial charge in [-0.15, -0.1) is 0 Å². The Morgan fingerprint density at radius 3 is 2.67 bits per heavy atom. The number of anilines is 2. The number of amides is 1. The van der Waals surface area contributed by atoms with Crippen LogP contribution in [0.2, 0.25) is 0 Å². The van der Waals surface area contributed by atoms with Crippen molar-refractivity contribution in [2.45, 2.75) is 0 Å². The first-order valence-electron chi connectivity index (χ1n) is 3.52. The van der Waals surface area contributed by atoms with E-state index < -0.39 is 0 Å². The Kier molecular flexibility index (Phi) is 2.19. The summed E-state index contributed by atoms with van der Waals surface area (Å²) >= 11 is 0. The molecule has 0 spiro atoms. The minimum atomic E-state index is -0.222. The third-order valence-corrected chi connectivity index (χ3v) is 1.55. The third-order valence-electron chi connectivity index (χ3n) is 1.55. The number of benzene rings is 1. The predicted molar refractivity (Wildman–Crippen MR) is 48.7 cm³/mol. The molecule has 4 nitrogen and oxygen atoms in total. The molecule has 0 saturated heterocycles. The van der Waals surface area contributed by atoms with E-state index in [4.69, 9.17) is 11.5 Å². The fourth-order valence-corrected chi connectivity index (χ4v) is 0.905. The molecule has 1 aromatic carbocycles. The molecular weight excluding hydrogens is 154 g/mol. The summed E-state index contributed by atoms with van der Waals surface area (Å²) in [6.45, 7) is 0. The van der Waals surface area contributed by atoms with E-state index in [9.17, 15) is 4.79 Å². The standard InChI is InChI=1S/C8H11N3O/c1-11-8(12)6-4-5(9)2-3-7(6)10/h2-4H,9-10H2,1H3,(H,11,12). The number of nitrogens with one attached hydrogen (secondary N) is 1. The van der Waals surface area contributed by atoms with Gasteiger partial charge in [-0.3, -0.25) is 4.79 Å². The van der Waals surface area contributed by atoms with Crippen LogP contribution in [-0.2, 0) is 0 Å². The Hall–Kier alpha value is -1.71. The van der Waals surface area contributed by atoms with Crippen molar-refractivity contribution in [2.24, 2.45) is 0 Å². The molecule has 0 unspecified atom stereocenters. The third kappa shape index (κ3) is 1.47. The van der Waals surface area contributed by atoms with Gasteiger partial charge in [0.15, 0.2) is 0 Å². The van der Waals surface area contributed by atoms with E-state index in [0.29, 0.717) is 16.9 Å². The van der Waals surface area contributed by atoms with E-state index in [1.54, 1.807) is 25.2 Å². The molecule has 0 bridgehead atoms. The van der Waals surface area contributed by atoms with E-state index in [0.717, 1.165) is 0 Å². The molecule has 5 N–H and O–H groups in total. The van der Waals surface area contributed by atoms with Gasteiger partial charge < -0.3 is 16.8 Å². The molecule has 0 radical (unpaired) electrons. The van der Waals surface area contributed by atoms with Gasteiger partial charge in [0.05, 0.1) is 5.56 Å². The van der Waals surface area contributed by atoms with Gasteiger partial charge in [-0.25, -0.2) is 0 Å². The summed E-state index contributed by atoms with van der Waals surface area (Å²) in [6.07, 6.45) is 0. The number of carbonyl (C=O) groups is 1. The van der Waals surface area contributed by atoms with Gasteiger partial charge in [-0.1, -0.05) is 0 Å². The lowest BCUT2D eigenvalue weighted by Crippen LogP contribution is -2.19. The first-order chi connectivity index (χ1) is 5.65. The predicted octanol–water partition coefficient (Wildman–Crippen LogP) is 0.211. The van der Waals surface area contributed by atoms with Crippen LogP contribution in [0, 0.1) is 0 Å². The van der Waals surface area contributed by atoms with Crippen LogP contribution in [0.25, 0.3) is 0 Å². The van der Waals surface area contributed by atoms with Gasteiger partial charge in [0.25, 0.3) is 5.91 Å². The van der Waals surface area contributed by atoms with Crippen LogP contribution in [-0.4, -0.2) is 13.0 Å². The highest BCUT2D eigenvalue weighted by Crippen LogP contribution is 2.14. The summed E-state index contributed by atoms with van der Waals surface area (Å²) in [7, 11) is 1.55. The van der Waals surface area contributed by atoms with Gasteiger partial charge in [-0.2, -0.15) is 0 Å². The van der Waals surface area contributed by atoms with Crippen molar-refractivity contribution >= 4 is 17.3 Å². The first kappa shape index (κ1) is 8.39. The SMILES string of the molecule is CNC(=O)c1cc(N)ccc1N. The fourth-order valence-electron chi connectivity index (χ4n) is 0.905. The van der Waals surface area contributed by atoms with E-state index in [2.05, 4.69) is 5.32 Å². The van der Waals surface area contributed by atoms with Gasteiger partial charge in [0.2, 0.25) is 0 Å². The fraction of sp³-hybridized carbons (Fsp3) is 0.125. The van der Waals surface area contributed by atoms with Gasteiger partial charge in [0.1, 0.15) is 0 Å². The number of hydrogen-bond donors (Lipinski definition) is 3. The van der Waals surface area contributed by atoms with Crippen molar-refractivity contribution in [1.82, 2.24) is 5.32 Å². The van der Waals surface area contributed by atoms with Crippen molar-refractivity contribution in [2.75, 3.05) is 18.5 Å². The molecule has 0 atom stereocenters. The lowest BCUT2D eigenvalue weighted by molar-refractivity contribution is 0.0964. The highest BCUT2D eigenvalue weighted by atomic mass is 16.1. The molecule has 1 aromatic rings. The minimum Gasteiger partial charge on any atom is -0.399 e. The van der Waals surface area contributed by atoms with Gasteiger partial charge >= 0.3 is 0 Å². The number of nitrogen functional groups attached to an aromatic ring is 2. The lowest BCUT2D eigenvalue weighted by atomic mass is 10.1. The Morgan fingerprint density at radius 2 is 2.08 bits per heavy atom. The van der Waals surface area contributed by atoms with Crippen LogP contribution >= 0.6 is 0 Å². The van der Waals surface area contributed by atoms with Gasteiger partial charge in [-0.05, 0) is 18.2 Å². The summed E-state index contributed by atoms with van der Waals surface area (Å²) in [5.41, 5.74) is 12.4.